The molecule has 2 N–H and O–H groups in total. The van der Waals surface area contributed by atoms with Crippen LogP contribution in [-0.4, -0.2) is 45.2 Å². The fraction of sp³-hybridized carbons (Fsp3) is 0.571. The van der Waals surface area contributed by atoms with Crippen LogP contribution in [0.25, 0.3) is 0 Å². The van der Waals surface area contributed by atoms with Crippen molar-refractivity contribution in [2.75, 3.05) is 31.9 Å². The molecule has 0 bridgehead atoms. The summed E-state index contributed by atoms with van der Waals surface area (Å²) in [6, 6.07) is 8.65. The highest BCUT2D eigenvalue weighted by atomic mass is 32.2. The molecule has 106 valence electrons. The molecule has 19 heavy (non-hydrogen) atoms. The summed E-state index contributed by atoms with van der Waals surface area (Å²) in [4.78, 5) is 2.61. The summed E-state index contributed by atoms with van der Waals surface area (Å²) in [6.07, 6.45) is 1.05. The van der Waals surface area contributed by atoms with Crippen molar-refractivity contribution in [3.05, 3.63) is 30.3 Å². The molecule has 0 amide bonds. The summed E-state index contributed by atoms with van der Waals surface area (Å²) >= 11 is 0. The molecule has 1 heterocycles. The van der Waals surface area contributed by atoms with Crippen LogP contribution >= 0.6 is 0 Å². The van der Waals surface area contributed by atoms with Crippen LogP contribution in [0, 0.1) is 5.41 Å². The van der Waals surface area contributed by atoms with Crippen LogP contribution < -0.4 is 5.73 Å². The van der Waals surface area contributed by atoms with Gasteiger partial charge < -0.3 is 10.6 Å². The molecule has 1 aromatic rings. The van der Waals surface area contributed by atoms with Gasteiger partial charge in [0.05, 0.1) is 10.6 Å². The monoisotopic (exact) mass is 282 g/mol. The summed E-state index contributed by atoms with van der Waals surface area (Å²) in [5, 5.41) is 0. The molecule has 2 rings (SSSR count). The van der Waals surface area contributed by atoms with E-state index in [0.29, 0.717) is 18.0 Å². The molecule has 0 aliphatic carbocycles. The van der Waals surface area contributed by atoms with E-state index >= 15 is 0 Å². The van der Waals surface area contributed by atoms with Gasteiger partial charge in [0.25, 0.3) is 0 Å². The number of hydrogen-bond donors (Lipinski definition) is 1. The van der Waals surface area contributed by atoms with Gasteiger partial charge in [0, 0.05) is 13.1 Å². The van der Waals surface area contributed by atoms with Gasteiger partial charge in [-0.1, -0.05) is 25.1 Å². The topological polar surface area (TPSA) is 63.4 Å². The SMILES string of the molecule is CC1(CN)CCN(CCS(=O)(=O)c2ccccc2)C1. The van der Waals surface area contributed by atoms with E-state index in [1.807, 2.05) is 6.07 Å². The van der Waals surface area contributed by atoms with Crippen LogP contribution in [0.1, 0.15) is 13.3 Å². The minimum Gasteiger partial charge on any atom is -0.330 e. The molecule has 1 atom stereocenters. The van der Waals surface area contributed by atoms with Crippen LogP contribution in [0.2, 0.25) is 0 Å². The summed E-state index contributed by atoms with van der Waals surface area (Å²) in [7, 11) is -3.16. The minimum absolute atomic E-state index is 0.149. The number of nitrogens with two attached hydrogens (primary N) is 1. The van der Waals surface area contributed by atoms with E-state index in [4.69, 9.17) is 5.73 Å². The molecular weight excluding hydrogens is 260 g/mol. The van der Waals surface area contributed by atoms with Crippen LogP contribution in [0.5, 0.6) is 0 Å². The number of rotatable bonds is 5. The lowest BCUT2D eigenvalue weighted by molar-refractivity contribution is 0.291. The van der Waals surface area contributed by atoms with Gasteiger partial charge in [-0.2, -0.15) is 0 Å². The van der Waals surface area contributed by atoms with Crippen LogP contribution in [0.4, 0.5) is 0 Å². The largest absolute Gasteiger partial charge is 0.330 e. The van der Waals surface area contributed by atoms with Crippen LogP contribution in [0.15, 0.2) is 35.2 Å². The van der Waals surface area contributed by atoms with Crippen molar-refractivity contribution in [1.82, 2.24) is 4.90 Å². The standard InChI is InChI=1S/C14H22N2O2S/c1-14(11-15)7-8-16(12-14)9-10-19(17,18)13-5-3-2-4-6-13/h2-6H,7-12,15H2,1H3. The highest BCUT2D eigenvalue weighted by Gasteiger charge is 2.32. The normalized spacial score (nSPS) is 24.7. The Morgan fingerprint density at radius 1 is 1.32 bits per heavy atom. The molecule has 0 radical (unpaired) electrons. The van der Waals surface area contributed by atoms with E-state index in [2.05, 4.69) is 11.8 Å². The maximum Gasteiger partial charge on any atom is 0.179 e. The van der Waals surface area contributed by atoms with Gasteiger partial charge in [0.1, 0.15) is 0 Å². The predicted molar refractivity (Wildman–Crippen MR) is 76.7 cm³/mol. The van der Waals surface area contributed by atoms with Gasteiger partial charge >= 0.3 is 0 Å². The van der Waals surface area contributed by atoms with Gasteiger partial charge in [-0.3, -0.25) is 0 Å². The van der Waals surface area contributed by atoms with Crippen LogP contribution in [0.3, 0.4) is 0 Å². The third kappa shape index (κ3) is 3.55. The Morgan fingerprint density at radius 3 is 2.58 bits per heavy atom. The van der Waals surface area contributed by atoms with E-state index in [1.165, 1.54) is 0 Å². The quantitative estimate of drug-likeness (QED) is 0.879. The number of nitrogens with zero attached hydrogens (tertiary/aromatic N) is 1. The Balaban J connectivity index is 1.93. The number of likely N-dealkylation sites (tertiary alicyclic amines) is 1. The summed E-state index contributed by atoms with van der Waals surface area (Å²) in [5.74, 6) is 0.178. The van der Waals surface area contributed by atoms with Crippen molar-refractivity contribution >= 4 is 9.84 Å². The summed E-state index contributed by atoms with van der Waals surface area (Å²) in [6.45, 7) is 5.26. The summed E-state index contributed by atoms with van der Waals surface area (Å²) < 4.78 is 24.3. The van der Waals surface area contributed by atoms with Crippen molar-refractivity contribution in [1.29, 1.82) is 0 Å². The fourth-order valence-corrected chi connectivity index (χ4v) is 3.78. The van der Waals surface area contributed by atoms with Crippen molar-refractivity contribution < 1.29 is 8.42 Å². The van der Waals surface area contributed by atoms with Crippen LogP contribution in [-0.2, 0) is 9.84 Å². The second-order valence-corrected chi connectivity index (χ2v) is 7.78. The lowest BCUT2D eigenvalue weighted by Crippen LogP contribution is -2.33. The lowest BCUT2D eigenvalue weighted by Gasteiger charge is -2.22. The Labute approximate surface area is 115 Å². The lowest BCUT2D eigenvalue weighted by atomic mass is 9.90. The summed E-state index contributed by atoms with van der Waals surface area (Å²) in [5.41, 5.74) is 5.91. The molecule has 1 saturated heterocycles. The van der Waals surface area contributed by atoms with E-state index in [-0.39, 0.29) is 11.2 Å². The van der Waals surface area contributed by atoms with E-state index < -0.39 is 9.84 Å². The molecule has 5 heteroatoms. The molecule has 1 aliphatic heterocycles. The van der Waals surface area contributed by atoms with Gasteiger partial charge in [-0.25, -0.2) is 8.42 Å². The maximum atomic E-state index is 12.2. The molecule has 0 spiro atoms. The molecule has 1 aromatic carbocycles. The maximum absolute atomic E-state index is 12.2. The molecule has 1 aliphatic rings. The number of sulfone groups is 1. The van der Waals surface area contributed by atoms with Crippen molar-refractivity contribution in [3.8, 4) is 0 Å². The third-order valence-electron chi connectivity index (χ3n) is 3.91. The van der Waals surface area contributed by atoms with Crippen molar-refractivity contribution in [2.45, 2.75) is 18.2 Å². The average molecular weight is 282 g/mol. The van der Waals surface area contributed by atoms with Crippen molar-refractivity contribution in [2.24, 2.45) is 11.1 Å². The second-order valence-electron chi connectivity index (χ2n) is 5.67. The number of hydrogen-bond acceptors (Lipinski definition) is 4. The molecular formula is C14H22N2O2S. The molecule has 4 nitrogen and oxygen atoms in total. The van der Waals surface area contributed by atoms with Crippen molar-refractivity contribution in [3.63, 3.8) is 0 Å². The Bertz CT molecular complexity index is 516. The fourth-order valence-electron chi connectivity index (χ4n) is 2.48. The Morgan fingerprint density at radius 2 is 2.00 bits per heavy atom. The zero-order valence-corrected chi connectivity index (χ0v) is 12.2. The third-order valence-corrected chi connectivity index (χ3v) is 5.62. The van der Waals surface area contributed by atoms with Gasteiger partial charge in [-0.05, 0) is 37.1 Å². The Kier molecular flexibility index (Phi) is 4.28. The smallest absolute Gasteiger partial charge is 0.179 e. The predicted octanol–water partition coefficient (Wildman–Crippen LogP) is 1.13. The zero-order chi connectivity index (χ0) is 13.9. The second kappa shape index (κ2) is 5.61. The highest BCUT2D eigenvalue weighted by molar-refractivity contribution is 7.91. The average Bonchev–Trinajstić information content (AvgIpc) is 2.80. The van der Waals surface area contributed by atoms with Gasteiger partial charge in [-0.15, -0.1) is 0 Å². The molecule has 1 unspecified atom stereocenters. The van der Waals surface area contributed by atoms with Gasteiger partial charge in [0.15, 0.2) is 9.84 Å². The van der Waals surface area contributed by atoms with E-state index in [0.717, 1.165) is 19.5 Å². The first-order valence-corrected chi connectivity index (χ1v) is 8.31. The zero-order valence-electron chi connectivity index (χ0n) is 11.4. The first-order chi connectivity index (χ1) is 8.95. The minimum atomic E-state index is -3.16. The first kappa shape index (κ1) is 14.5. The Hall–Kier alpha value is -0.910. The van der Waals surface area contributed by atoms with Gasteiger partial charge in [0.2, 0.25) is 0 Å². The number of benzene rings is 1. The molecule has 1 fully saturated rings. The molecule has 0 saturated carbocycles. The van der Waals surface area contributed by atoms with E-state index in [1.54, 1.807) is 24.3 Å². The molecule has 0 aromatic heterocycles. The highest BCUT2D eigenvalue weighted by Crippen LogP contribution is 2.28. The van der Waals surface area contributed by atoms with E-state index in [9.17, 15) is 8.42 Å². The first-order valence-electron chi connectivity index (χ1n) is 6.65.